The van der Waals surface area contributed by atoms with Gasteiger partial charge >= 0.3 is 0 Å². The van der Waals surface area contributed by atoms with Crippen molar-refractivity contribution in [2.45, 2.75) is 25.9 Å². The Morgan fingerprint density at radius 1 is 1.53 bits per heavy atom. The maximum atomic E-state index is 13.3. The molecule has 0 aliphatic carbocycles. The van der Waals surface area contributed by atoms with E-state index in [1.165, 1.54) is 7.11 Å². The Morgan fingerprint density at radius 3 is 2.80 bits per heavy atom. The molecule has 1 aromatic rings. The number of methoxy groups -OCH3 is 1. The number of halogens is 1. The van der Waals surface area contributed by atoms with Gasteiger partial charge in [-0.05, 0) is 24.1 Å². The predicted octanol–water partition coefficient (Wildman–Crippen LogP) is 2.86. The van der Waals surface area contributed by atoms with E-state index in [1.807, 2.05) is 6.07 Å². The minimum atomic E-state index is -1.60. The Balaban J connectivity index is 3.06. The van der Waals surface area contributed by atoms with Crippen LogP contribution >= 0.6 is 0 Å². The van der Waals surface area contributed by atoms with Crippen LogP contribution in [0.4, 0.5) is 4.39 Å². The number of carbonyl (C=O) groups is 1. The lowest BCUT2D eigenvalue weighted by atomic mass is 10.0. The molecule has 1 rings (SSSR count). The summed E-state index contributed by atoms with van der Waals surface area (Å²) in [5.41, 5.74) is 1.34. The second-order valence-corrected chi connectivity index (χ2v) is 3.36. The second-order valence-electron chi connectivity index (χ2n) is 3.36. The fraction of sp³-hybridized carbons (Fsp3) is 0.417. The van der Waals surface area contributed by atoms with Crippen molar-refractivity contribution in [3.05, 3.63) is 29.3 Å². The van der Waals surface area contributed by atoms with E-state index in [4.69, 9.17) is 4.74 Å². The number of rotatable bonds is 5. The zero-order chi connectivity index (χ0) is 11.3. The fourth-order valence-electron chi connectivity index (χ4n) is 1.52. The Labute approximate surface area is 89.1 Å². The van der Waals surface area contributed by atoms with Crippen LogP contribution < -0.4 is 4.74 Å². The highest BCUT2D eigenvalue weighted by molar-refractivity contribution is 5.62. The van der Waals surface area contributed by atoms with Crippen molar-refractivity contribution in [1.82, 2.24) is 0 Å². The van der Waals surface area contributed by atoms with Gasteiger partial charge < -0.3 is 4.74 Å². The lowest BCUT2D eigenvalue weighted by molar-refractivity contribution is -0.112. The minimum absolute atomic E-state index is 0.285. The summed E-state index contributed by atoms with van der Waals surface area (Å²) in [5.74, 6) is 0.425. The quantitative estimate of drug-likeness (QED) is 0.698. The van der Waals surface area contributed by atoms with Crippen LogP contribution in [-0.4, -0.2) is 13.4 Å². The molecule has 0 bridgehead atoms. The maximum Gasteiger partial charge on any atom is 0.184 e. The van der Waals surface area contributed by atoms with Crippen molar-refractivity contribution in [2.75, 3.05) is 7.11 Å². The van der Waals surface area contributed by atoms with Gasteiger partial charge in [0.15, 0.2) is 12.5 Å². The third-order valence-electron chi connectivity index (χ3n) is 2.25. The van der Waals surface area contributed by atoms with Crippen LogP contribution in [0.3, 0.4) is 0 Å². The summed E-state index contributed by atoms with van der Waals surface area (Å²) in [4.78, 5) is 10.4. The van der Waals surface area contributed by atoms with Crippen molar-refractivity contribution in [2.24, 2.45) is 0 Å². The van der Waals surface area contributed by atoms with E-state index in [2.05, 4.69) is 6.92 Å². The molecule has 0 saturated heterocycles. The summed E-state index contributed by atoms with van der Waals surface area (Å²) in [6, 6.07) is 5.29. The third kappa shape index (κ3) is 2.78. The molecule has 0 amide bonds. The molecule has 3 heteroatoms. The molecule has 82 valence electrons. The Hall–Kier alpha value is -1.38. The first-order valence-corrected chi connectivity index (χ1v) is 4.99. The first-order chi connectivity index (χ1) is 7.22. The van der Waals surface area contributed by atoms with Crippen molar-refractivity contribution in [1.29, 1.82) is 0 Å². The van der Waals surface area contributed by atoms with Gasteiger partial charge in [-0.3, -0.25) is 4.79 Å². The van der Waals surface area contributed by atoms with Crippen LogP contribution in [0.2, 0.25) is 0 Å². The molecule has 0 saturated carbocycles. The number of hydrogen-bond acceptors (Lipinski definition) is 2. The van der Waals surface area contributed by atoms with E-state index in [0.29, 0.717) is 11.3 Å². The molecular formula is C12H15FO2. The van der Waals surface area contributed by atoms with Gasteiger partial charge in [-0.25, -0.2) is 4.39 Å². The van der Waals surface area contributed by atoms with Crippen LogP contribution in [0.1, 0.15) is 30.6 Å². The van der Waals surface area contributed by atoms with Gasteiger partial charge in [0.2, 0.25) is 0 Å². The molecule has 0 spiro atoms. The molecule has 1 unspecified atom stereocenters. The number of benzene rings is 1. The lowest BCUT2D eigenvalue weighted by Crippen LogP contribution is -1.99. The smallest absolute Gasteiger partial charge is 0.184 e. The van der Waals surface area contributed by atoms with E-state index < -0.39 is 6.17 Å². The predicted molar refractivity (Wildman–Crippen MR) is 56.9 cm³/mol. The van der Waals surface area contributed by atoms with Crippen LogP contribution in [0.15, 0.2) is 18.2 Å². The number of alkyl halides is 1. The summed E-state index contributed by atoms with van der Waals surface area (Å²) >= 11 is 0. The van der Waals surface area contributed by atoms with Gasteiger partial charge in [0.25, 0.3) is 0 Å². The lowest BCUT2D eigenvalue weighted by Gasteiger charge is -2.10. The van der Waals surface area contributed by atoms with E-state index in [0.717, 1.165) is 18.4 Å². The second kappa shape index (κ2) is 5.49. The SMILES string of the molecule is CCCc1ccc(OC)c(C(F)C=O)c1. The van der Waals surface area contributed by atoms with Crippen molar-refractivity contribution in [3.8, 4) is 5.75 Å². The first kappa shape index (κ1) is 11.7. The Morgan fingerprint density at radius 2 is 2.27 bits per heavy atom. The maximum absolute atomic E-state index is 13.3. The summed E-state index contributed by atoms with van der Waals surface area (Å²) in [6.07, 6.45) is 0.553. The Kier molecular flexibility index (Phi) is 4.28. The molecular weight excluding hydrogens is 195 g/mol. The van der Waals surface area contributed by atoms with Crippen molar-refractivity contribution in [3.63, 3.8) is 0 Å². The highest BCUT2D eigenvalue weighted by Crippen LogP contribution is 2.27. The molecule has 0 aromatic heterocycles. The number of ether oxygens (including phenoxy) is 1. The summed E-state index contributed by atoms with van der Waals surface area (Å²) in [6.45, 7) is 2.05. The van der Waals surface area contributed by atoms with Gasteiger partial charge in [0.1, 0.15) is 5.75 Å². The summed E-state index contributed by atoms with van der Waals surface area (Å²) in [5, 5.41) is 0. The van der Waals surface area contributed by atoms with Crippen LogP contribution in [0, 0.1) is 0 Å². The van der Waals surface area contributed by atoms with E-state index >= 15 is 0 Å². The average molecular weight is 210 g/mol. The first-order valence-electron chi connectivity index (χ1n) is 4.99. The number of aryl methyl sites for hydroxylation is 1. The average Bonchev–Trinajstić information content (AvgIpc) is 2.28. The summed E-state index contributed by atoms with van der Waals surface area (Å²) < 4.78 is 18.3. The molecule has 15 heavy (non-hydrogen) atoms. The molecule has 0 aliphatic heterocycles. The largest absolute Gasteiger partial charge is 0.496 e. The van der Waals surface area contributed by atoms with Crippen molar-refractivity contribution >= 4 is 6.29 Å². The van der Waals surface area contributed by atoms with Crippen LogP contribution in [0.5, 0.6) is 5.75 Å². The minimum Gasteiger partial charge on any atom is -0.496 e. The third-order valence-corrected chi connectivity index (χ3v) is 2.25. The monoisotopic (exact) mass is 210 g/mol. The number of aldehydes is 1. The highest BCUT2D eigenvalue weighted by Gasteiger charge is 2.14. The van der Waals surface area contributed by atoms with Crippen LogP contribution in [0.25, 0.3) is 0 Å². The topological polar surface area (TPSA) is 26.3 Å². The van der Waals surface area contributed by atoms with Gasteiger partial charge in [0.05, 0.1) is 7.11 Å². The van der Waals surface area contributed by atoms with Crippen LogP contribution in [-0.2, 0) is 11.2 Å². The van der Waals surface area contributed by atoms with E-state index in [9.17, 15) is 9.18 Å². The number of hydrogen-bond donors (Lipinski definition) is 0. The molecule has 0 heterocycles. The summed E-state index contributed by atoms with van der Waals surface area (Å²) in [7, 11) is 1.47. The highest BCUT2D eigenvalue weighted by atomic mass is 19.1. The molecule has 2 nitrogen and oxygen atoms in total. The van der Waals surface area contributed by atoms with Crippen molar-refractivity contribution < 1.29 is 13.9 Å². The zero-order valence-corrected chi connectivity index (χ0v) is 9.00. The Bertz CT molecular complexity index is 336. The van der Waals surface area contributed by atoms with E-state index in [1.54, 1.807) is 12.1 Å². The fourth-order valence-corrected chi connectivity index (χ4v) is 1.52. The number of carbonyl (C=O) groups excluding carboxylic acids is 1. The molecule has 1 atom stereocenters. The molecule has 0 fully saturated rings. The molecule has 0 aliphatic rings. The zero-order valence-electron chi connectivity index (χ0n) is 9.00. The molecule has 0 radical (unpaired) electrons. The van der Waals surface area contributed by atoms with Gasteiger partial charge in [-0.15, -0.1) is 0 Å². The van der Waals surface area contributed by atoms with Gasteiger partial charge in [-0.1, -0.05) is 19.4 Å². The van der Waals surface area contributed by atoms with Gasteiger partial charge in [-0.2, -0.15) is 0 Å². The standard InChI is InChI=1S/C12H15FO2/c1-3-4-9-5-6-12(15-2)10(7-9)11(13)8-14/h5-8,11H,3-4H2,1-2H3. The van der Waals surface area contributed by atoms with E-state index in [-0.39, 0.29) is 6.29 Å². The molecule has 1 aromatic carbocycles. The normalized spacial score (nSPS) is 12.2. The van der Waals surface area contributed by atoms with Gasteiger partial charge in [0, 0.05) is 5.56 Å². The molecule has 0 N–H and O–H groups in total.